The molecule has 1 N–H and O–H groups in total. The van der Waals surface area contributed by atoms with Crippen LogP contribution in [0, 0.1) is 5.92 Å². The number of benzene rings is 1. The number of likely N-dealkylation sites (N-methyl/N-ethyl adjacent to an activating group) is 1. The Morgan fingerprint density at radius 1 is 1.31 bits per heavy atom. The molecule has 2 heterocycles. The number of anilines is 1. The van der Waals surface area contributed by atoms with Crippen LogP contribution in [0.15, 0.2) is 47.1 Å². The maximum Gasteiger partial charge on any atom is 0.416 e. The second kappa shape index (κ2) is 8.28. The number of nitrogens with zero attached hydrogens (tertiary/aromatic N) is 2. The van der Waals surface area contributed by atoms with Gasteiger partial charge in [-0.15, -0.1) is 0 Å². The average molecular weight is 409 g/mol. The van der Waals surface area contributed by atoms with Crippen molar-refractivity contribution in [3.8, 4) is 0 Å². The molecule has 0 saturated carbocycles. The van der Waals surface area contributed by atoms with Crippen molar-refractivity contribution >= 4 is 17.5 Å². The number of hydrogen-bond donors (Lipinski definition) is 1. The molecule has 0 radical (unpaired) electrons. The van der Waals surface area contributed by atoms with Gasteiger partial charge in [0.25, 0.3) is 0 Å². The van der Waals surface area contributed by atoms with Crippen LogP contribution in [0.1, 0.15) is 23.8 Å². The van der Waals surface area contributed by atoms with Crippen LogP contribution in [0.2, 0.25) is 0 Å². The summed E-state index contributed by atoms with van der Waals surface area (Å²) in [6.45, 7) is 0.326. The maximum absolute atomic E-state index is 12.9. The number of carbonyl (C=O) groups is 2. The Balaban J connectivity index is 1.65. The molecule has 1 aliphatic rings. The fourth-order valence-electron chi connectivity index (χ4n) is 3.34. The summed E-state index contributed by atoms with van der Waals surface area (Å²) in [5.74, 6) is -0.620. The lowest BCUT2D eigenvalue weighted by molar-refractivity contribution is -0.137. The molecule has 156 valence electrons. The minimum atomic E-state index is -4.50. The minimum absolute atomic E-state index is 0.0410. The largest absolute Gasteiger partial charge is 0.468 e. The highest BCUT2D eigenvalue weighted by molar-refractivity contribution is 6.00. The molecule has 1 aromatic heterocycles. The van der Waals surface area contributed by atoms with Crippen LogP contribution >= 0.6 is 0 Å². The van der Waals surface area contributed by atoms with Gasteiger partial charge >= 0.3 is 6.18 Å². The van der Waals surface area contributed by atoms with E-state index in [9.17, 15) is 22.8 Å². The Kier molecular flexibility index (Phi) is 5.97. The first kappa shape index (κ1) is 20.9. The summed E-state index contributed by atoms with van der Waals surface area (Å²) >= 11 is 0. The van der Waals surface area contributed by atoms with Crippen LogP contribution < -0.4 is 10.2 Å². The number of furan rings is 1. The van der Waals surface area contributed by atoms with E-state index in [4.69, 9.17) is 4.42 Å². The molecule has 1 saturated heterocycles. The third kappa shape index (κ3) is 4.79. The zero-order valence-electron chi connectivity index (χ0n) is 16.1. The van der Waals surface area contributed by atoms with E-state index in [0.29, 0.717) is 5.76 Å². The van der Waals surface area contributed by atoms with Gasteiger partial charge in [0.05, 0.1) is 23.8 Å². The van der Waals surface area contributed by atoms with Gasteiger partial charge < -0.3 is 14.6 Å². The Hall–Kier alpha value is -2.81. The summed E-state index contributed by atoms with van der Waals surface area (Å²) in [6, 6.07) is 7.96. The van der Waals surface area contributed by atoms with Crippen molar-refractivity contribution in [2.45, 2.75) is 18.6 Å². The highest BCUT2D eigenvalue weighted by Gasteiger charge is 2.37. The van der Waals surface area contributed by atoms with Gasteiger partial charge in [0, 0.05) is 25.2 Å². The SMILES string of the molecule is CN(C)[C@H](CNC(=O)[C@@H]1CC(=O)N(c2cccc(C(F)(F)F)c2)C1)c1ccco1. The zero-order chi connectivity index (χ0) is 21.2. The summed E-state index contributed by atoms with van der Waals surface area (Å²) in [4.78, 5) is 28.0. The first-order valence-corrected chi connectivity index (χ1v) is 9.12. The monoisotopic (exact) mass is 409 g/mol. The van der Waals surface area contributed by atoms with Gasteiger partial charge in [-0.05, 0) is 44.4 Å². The summed E-state index contributed by atoms with van der Waals surface area (Å²) in [7, 11) is 3.71. The Morgan fingerprint density at radius 2 is 2.07 bits per heavy atom. The van der Waals surface area contributed by atoms with E-state index in [2.05, 4.69) is 5.32 Å². The van der Waals surface area contributed by atoms with E-state index in [1.807, 2.05) is 25.1 Å². The summed E-state index contributed by atoms with van der Waals surface area (Å²) in [6.07, 6.45) is -2.99. The predicted molar refractivity (Wildman–Crippen MR) is 100 cm³/mol. The lowest BCUT2D eigenvalue weighted by atomic mass is 10.1. The molecule has 0 aliphatic carbocycles. The van der Waals surface area contributed by atoms with E-state index >= 15 is 0 Å². The molecule has 2 atom stereocenters. The van der Waals surface area contributed by atoms with Gasteiger partial charge in [-0.25, -0.2) is 0 Å². The topological polar surface area (TPSA) is 65.8 Å². The van der Waals surface area contributed by atoms with Crippen molar-refractivity contribution in [2.24, 2.45) is 5.92 Å². The van der Waals surface area contributed by atoms with Gasteiger partial charge in [-0.2, -0.15) is 13.2 Å². The van der Waals surface area contributed by atoms with E-state index in [1.165, 1.54) is 17.0 Å². The van der Waals surface area contributed by atoms with Crippen molar-refractivity contribution in [1.29, 1.82) is 0 Å². The van der Waals surface area contributed by atoms with E-state index in [0.717, 1.165) is 12.1 Å². The molecule has 0 spiro atoms. The molecule has 1 fully saturated rings. The molecule has 9 heteroatoms. The summed E-state index contributed by atoms with van der Waals surface area (Å²) in [5.41, 5.74) is -0.690. The number of hydrogen-bond acceptors (Lipinski definition) is 4. The molecule has 29 heavy (non-hydrogen) atoms. The van der Waals surface area contributed by atoms with Crippen LogP contribution in [0.5, 0.6) is 0 Å². The number of rotatable bonds is 6. The summed E-state index contributed by atoms with van der Waals surface area (Å²) in [5, 5.41) is 2.82. The molecule has 0 unspecified atom stereocenters. The molecule has 0 bridgehead atoms. The van der Waals surface area contributed by atoms with Crippen molar-refractivity contribution in [3.63, 3.8) is 0 Å². The number of carbonyl (C=O) groups excluding carboxylic acids is 2. The van der Waals surface area contributed by atoms with Crippen molar-refractivity contribution in [3.05, 3.63) is 54.0 Å². The molecule has 1 aliphatic heterocycles. The van der Waals surface area contributed by atoms with Crippen molar-refractivity contribution in [2.75, 3.05) is 32.1 Å². The first-order chi connectivity index (χ1) is 13.7. The van der Waals surface area contributed by atoms with Crippen LogP contribution in [0.25, 0.3) is 0 Å². The fraction of sp³-hybridized carbons (Fsp3) is 0.400. The molecular weight excluding hydrogens is 387 g/mol. The van der Waals surface area contributed by atoms with Crippen LogP contribution in [0.3, 0.4) is 0 Å². The number of amides is 2. The normalized spacial score (nSPS) is 18.3. The number of alkyl halides is 3. The lowest BCUT2D eigenvalue weighted by Crippen LogP contribution is -2.38. The number of nitrogens with one attached hydrogen (secondary N) is 1. The van der Waals surface area contributed by atoms with Gasteiger partial charge in [0.15, 0.2) is 0 Å². The minimum Gasteiger partial charge on any atom is -0.468 e. The quantitative estimate of drug-likeness (QED) is 0.797. The van der Waals surface area contributed by atoms with E-state index < -0.39 is 17.7 Å². The van der Waals surface area contributed by atoms with E-state index in [1.54, 1.807) is 12.3 Å². The fourth-order valence-corrected chi connectivity index (χ4v) is 3.34. The smallest absolute Gasteiger partial charge is 0.416 e. The van der Waals surface area contributed by atoms with Gasteiger partial charge in [-0.3, -0.25) is 14.5 Å². The Labute approximate surface area is 166 Å². The second-order valence-corrected chi connectivity index (χ2v) is 7.19. The molecule has 1 aromatic carbocycles. The highest BCUT2D eigenvalue weighted by atomic mass is 19.4. The maximum atomic E-state index is 12.9. The molecule has 6 nitrogen and oxygen atoms in total. The van der Waals surface area contributed by atoms with Gasteiger partial charge in [0.2, 0.25) is 11.8 Å². The second-order valence-electron chi connectivity index (χ2n) is 7.19. The van der Waals surface area contributed by atoms with E-state index in [-0.39, 0.29) is 43.1 Å². The number of halogens is 3. The summed E-state index contributed by atoms with van der Waals surface area (Å²) < 4.78 is 44.2. The Morgan fingerprint density at radius 3 is 2.69 bits per heavy atom. The van der Waals surface area contributed by atoms with Crippen LogP contribution in [-0.4, -0.2) is 43.9 Å². The molecule has 2 aromatic rings. The Bertz CT molecular complexity index is 865. The molecule has 3 rings (SSSR count). The molecule has 2 amide bonds. The lowest BCUT2D eigenvalue weighted by Gasteiger charge is -2.23. The third-order valence-corrected chi connectivity index (χ3v) is 4.95. The van der Waals surface area contributed by atoms with Crippen molar-refractivity contribution in [1.82, 2.24) is 10.2 Å². The third-order valence-electron chi connectivity index (χ3n) is 4.95. The highest BCUT2D eigenvalue weighted by Crippen LogP contribution is 2.33. The van der Waals surface area contributed by atoms with Gasteiger partial charge in [0.1, 0.15) is 5.76 Å². The zero-order valence-corrected chi connectivity index (χ0v) is 16.1. The molecular formula is C20H22F3N3O3. The van der Waals surface area contributed by atoms with Crippen LogP contribution in [0.4, 0.5) is 18.9 Å². The predicted octanol–water partition coefficient (Wildman–Crippen LogP) is 3.07. The van der Waals surface area contributed by atoms with Crippen molar-refractivity contribution < 1.29 is 27.2 Å². The average Bonchev–Trinajstić information content (AvgIpc) is 3.31. The van der Waals surface area contributed by atoms with Gasteiger partial charge in [-0.1, -0.05) is 6.07 Å². The first-order valence-electron chi connectivity index (χ1n) is 9.12. The standard InChI is InChI=1S/C20H22F3N3O3/c1-25(2)16(17-7-4-8-29-17)11-24-19(28)13-9-18(27)26(12-13)15-6-3-5-14(10-15)20(21,22)23/h3-8,10,13,16H,9,11-12H2,1-2H3,(H,24,28)/t13-,16-/m1/s1. The van der Waals surface area contributed by atoms with Crippen LogP contribution in [-0.2, 0) is 15.8 Å².